The van der Waals surface area contributed by atoms with Crippen LogP contribution in [0.15, 0.2) is 24.3 Å². The summed E-state index contributed by atoms with van der Waals surface area (Å²) >= 11 is 4.99. The highest BCUT2D eigenvalue weighted by Crippen LogP contribution is 2.12. The van der Waals surface area contributed by atoms with Gasteiger partial charge in [-0.2, -0.15) is 0 Å². The number of methoxy groups -OCH3 is 1. The first kappa shape index (κ1) is 11.2. The summed E-state index contributed by atoms with van der Waals surface area (Å²) < 4.78 is 5.12. The zero-order valence-electron chi connectivity index (χ0n) is 9.19. The normalized spacial score (nSPS) is 16.4. The summed E-state index contributed by atoms with van der Waals surface area (Å²) in [4.78, 5) is 2.23. The van der Waals surface area contributed by atoms with Crippen LogP contribution in [-0.4, -0.2) is 30.5 Å². The molecule has 5 heteroatoms. The molecule has 1 fully saturated rings. The second kappa shape index (κ2) is 5.14. The van der Waals surface area contributed by atoms with Crippen LogP contribution in [0.25, 0.3) is 0 Å². The average molecular weight is 237 g/mol. The molecule has 1 heterocycles. The highest BCUT2D eigenvalue weighted by molar-refractivity contribution is 7.80. The van der Waals surface area contributed by atoms with Gasteiger partial charge in [0.05, 0.1) is 20.4 Å². The van der Waals surface area contributed by atoms with E-state index in [1.807, 2.05) is 12.1 Å². The van der Waals surface area contributed by atoms with Crippen LogP contribution >= 0.6 is 12.2 Å². The third-order valence-corrected chi connectivity index (χ3v) is 2.78. The van der Waals surface area contributed by atoms with E-state index in [1.54, 1.807) is 7.11 Å². The molecule has 0 aromatic heterocycles. The van der Waals surface area contributed by atoms with Crippen molar-refractivity contribution in [3.05, 3.63) is 29.8 Å². The van der Waals surface area contributed by atoms with Crippen molar-refractivity contribution in [2.24, 2.45) is 0 Å². The number of nitrogens with one attached hydrogen (secondary N) is 2. The zero-order valence-corrected chi connectivity index (χ0v) is 10.0. The van der Waals surface area contributed by atoms with E-state index < -0.39 is 0 Å². The van der Waals surface area contributed by atoms with E-state index >= 15 is 0 Å². The van der Waals surface area contributed by atoms with Gasteiger partial charge in [0.15, 0.2) is 5.11 Å². The van der Waals surface area contributed by atoms with Crippen LogP contribution in [0, 0.1) is 0 Å². The summed E-state index contributed by atoms with van der Waals surface area (Å²) in [5.74, 6) is 0.889. The maximum atomic E-state index is 5.12. The van der Waals surface area contributed by atoms with Crippen molar-refractivity contribution in [2.45, 2.75) is 6.54 Å². The molecule has 16 heavy (non-hydrogen) atoms. The maximum absolute atomic E-state index is 5.12. The summed E-state index contributed by atoms with van der Waals surface area (Å²) in [6, 6.07) is 8.10. The Kier molecular flexibility index (Phi) is 3.58. The Balaban J connectivity index is 1.90. The Bertz CT molecular complexity index is 356. The molecule has 1 aromatic carbocycles. The lowest BCUT2D eigenvalue weighted by molar-refractivity contribution is 0.236. The fraction of sp³-hybridized carbons (Fsp3) is 0.364. The van der Waals surface area contributed by atoms with Gasteiger partial charge in [-0.15, -0.1) is 0 Å². The Morgan fingerprint density at radius 1 is 1.25 bits per heavy atom. The number of benzene rings is 1. The second-order valence-electron chi connectivity index (χ2n) is 3.68. The van der Waals surface area contributed by atoms with Crippen LogP contribution in [0.3, 0.4) is 0 Å². The summed E-state index contributed by atoms with van der Waals surface area (Å²) in [6.45, 7) is 2.47. The van der Waals surface area contributed by atoms with Crippen molar-refractivity contribution in [2.75, 3.05) is 20.4 Å². The van der Waals surface area contributed by atoms with Crippen LogP contribution in [0.1, 0.15) is 5.56 Å². The molecule has 0 atom stereocenters. The molecule has 2 N–H and O–H groups in total. The van der Waals surface area contributed by atoms with E-state index in [1.165, 1.54) is 5.56 Å². The Morgan fingerprint density at radius 2 is 1.88 bits per heavy atom. The van der Waals surface area contributed by atoms with E-state index in [0.717, 1.165) is 30.7 Å². The fourth-order valence-electron chi connectivity index (χ4n) is 1.59. The first-order valence-corrected chi connectivity index (χ1v) is 5.56. The molecule has 0 unspecified atom stereocenters. The molecular weight excluding hydrogens is 222 g/mol. The van der Waals surface area contributed by atoms with Crippen LogP contribution in [-0.2, 0) is 6.54 Å². The Hall–Kier alpha value is -1.33. The SMILES string of the molecule is COc1ccc(CN2CNC(=S)NC2)cc1. The molecule has 0 radical (unpaired) electrons. The molecule has 1 saturated heterocycles. The number of thiocarbonyl (C=S) groups is 1. The number of rotatable bonds is 3. The van der Waals surface area contributed by atoms with E-state index in [9.17, 15) is 0 Å². The minimum Gasteiger partial charge on any atom is -0.497 e. The van der Waals surface area contributed by atoms with Gasteiger partial charge in [-0.25, -0.2) is 0 Å². The predicted molar refractivity (Wildman–Crippen MR) is 67.1 cm³/mol. The standard InChI is InChI=1S/C11H15N3OS/c1-15-10-4-2-9(3-5-10)6-14-7-12-11(16)13-8-14/h2-5H,6-8H2,1H3,(H2,12,13,16). The Morgan fingerprint density at radius 3 is 2.44 bits per heavy atom. The highest BCUT2D eigenvalue weighted by Gasteiger charge is 2.11. The average Bonchev–Trinajstić information content (AvgIpc) is 2.33. The van der Waals surface area contributed by atoms with E-state index in [-0.39, 0.29) is 0 Å². The van der Waals surface area contributed by atoms with Gasteiger partial charge in [-0.05, 0) is 29.9 Å². The maximum Gasteiger partial charge on any atom is 0.168 e. The fourth-order valence-corrected chi connectivity index (χ4v) is 1.72. The van der Waals surface area contributed by atoms with Crippen LogP contribution < -0.4 is 15.4 Å². The van der Waals surface area contributed by atoms with E-state index in [2.05, 4.69) is 27.7 Å². The van der Waals surface area contributed by atoms with Crippen molar-refractivity contribution >= 4 is 17.3 Å². The largest absolute Gasteiger partial charge is 0.497 e. The molecule has 1 aliphatic rings. The van der Waals surface area contributed by atoms with Crippen molar-refractivity contribution in [1.82, 2.24) is 15.5 Å². The third-order valence-electron chi connectivity index (χ3n) is 2.49. The van der Waals surface area contributed by atoms with Crippen molar-refractivity contribution in [3.8, 4) is 5.75 Å². The summed E-state index contributed by atoms with van der Waals surface area (Å²) in [6.07, 6.45) is 0. The molecule has 1 aromatic rings. The summed E-state index contributed by atoms with van der Waals surface area (Å²) in [7, 11) is 1.68. The van der Waals surface area contributed by atoms with Gasteiger partial charge in [-0.3, -0.25) is 4.90 Å². The molecule has 2 rings (SSSR count). The van der Waals surface area contributed by atoms with Gasteiger partial charge in [0.1, 0.15) is 5.75 Å². The van der Waals surface area contributed by atoms with E-state index in [4.69, 9.17) is 17.0 Å². The van der Waals surface area contributed by atoms with Crippen molar-refractivity contribution < 1.29 is 4.74 Å². The first-order valence-electron chi connectivity index (χ1n) is 5.15. The molecule has 0 amide bonds. The highest BCUT2D eigenvalue weighted by atomic mass is 32.1. The van der Waals surface area contributed by atoms with Crippen molar-refractivity contribution in [1.29, 1.82) is 0 Å². The Labute approximate surface area is 101 Å². The van der Waals surface area contributed by atoms with Gasteiger partial charge in [0, 0.05) is 6.54 Å². The first-order chi connectivity index (χ1) is 7.78. The monoisotopic (exact) mass is 237 g/mol. The van der Waals surface area contributed by atoms with Gasteiger partial charge in [-0.1, -0.05) is 12.1 Å². The lowest BCUT2D eigenvalue weighted by atomic mass is 10.2. The number of hydrogen-bond acceptors (Lipinski definition) is 3. The van der Waals surface area contributed by atoms with Crippen LogP contribution in [0.4, 0.5) is 0 Å². The quantitative estimate of drug-likeness (QED) is 0.764. The topological polar surface area (TPSA) is 36.5 Å². The molecule has 0 bridgehead atoms. The number of nitrogens with zero attached hydrogens (tertiary/aromatic N) is 1. The van der Waals surface area contributed by atoms with Gasteiger partial charge in [0.2, 0.25) is 0 Å². The van der Waals surface area contributed by atoms with Gasteiger partial charge in [0.25, 0.3) is 0 Å². The third kappa shape index (κ3) is 2.84. The van der Waals surface area contributed by atoms with Gasteiger partial charge < -0.3 is 15.4 Å². The molecule has 0 spiro atoms. The molecular formula is C11H15N3OS. The minimum atomic E-state index is 0.728. The number of ether oxygens (including phenoxy) is 1. The minimum absolute atomic E-state index is 0.728. The van der Waals surface area contributed by atoms with Crippen LogP contribution in [0.5, 0.6) is 5.75 Å². The van der Waals surface area contributed by atoms with Crippen molar-refractivity contribution in [3.63, 3.8) is 0 Å². The smallest absolute Gasteiger partial charge is 0.168 e. The summed E-state index contributed by atoms with van der Waals surface area (Å²) in [5.41, 5.74) is 1.26. The second-order valence-corrected chi connectivity index (χ2v) is 4.08. The van der Waals surface area contributed by atoms with Gasteiger partial charge >= 0.3 is 0 Å². The molecule has 0 saturated carbocycles. The van der Waals surface area contributed by atoms with Crippen LogP contribution in [0.2, 0.25) is 0 Å². The zero-order chi connectivity index (χ0) is 11.4. The molecule has 0 aliphatic carbocycles. The number of hydrogen-bond donors (Lipinski definition) is 2. The lowest BCUT2D eigenvalue weighted by Gasteiger charge is -2.29. The van der Waals surface area contributed by atoms with E-state index in [0.29, 0.717) is 0 Å². The predicted octanol–water partition coefficient (Wildman–Crippen LogP) is 0.890. The molecule has 4 nitrogen and oxygen atoms in total. The molecule has 86 valence electrons. The molecule has 1 aliphatic heterocycles. The lowest BCUT2D eigenvalue weighted by Crippen LogP contribution is -2.53. The summed E-state index contributed by atoms with van der Waals surface area (Å²) in [5, 5.41) is 6.92.